The summed E-state index contributed by atoms with van der Waals surface area (Å²) in [6.45, 7) is 1.65. The highest BCUT2D eigenvalue weighted by Gasteiger charge is 2.64. The fraction of sp³-hybridized carbons (Fsp3) is 0.565. The SMILES string of the molecule is C[C@@H](Cc1ccc(Br)cc1I=C1C(=O)OC2(OC1=O)C1CC3CC(C1)CC2C3)C(=O)O. The van der Waals surface area contributed by atoms with E-state index in [4.69, 9.17) is 9.47 Å². The molecule has 8 heteroatoms. The van der Waals surface area contributed by atoms with Crippen LogP contribution in [0.2, 0.25) is 0 Å². The summed E-state index contributed by atoms with van der Waals surface area (Å²) in [6, 6.07) is 5.58. The summed E-state index contributed by atoms with van der Waals surface area (Å²) >= 11 is 2.27. The molecule has 1 aliphatic heterocycles. The number of benzene rings is 1. The molecule has 5 aliphatic rings. The third kappa shape index (κ3) is 3.77. The topological polar surface area (TPSA) is 89.9 Å². The van der Waals surface area contributed by atoms with Crippen LogP contribution in [0.3, 0.4) is 0 Å². The quantitative estimate of drug-likeness (QED) is 0.409. The molecule has 1 atom stereocenters. The van der Waals surface area contributed by atoms with Gasteiger partial charge in [0.1, 0.15) is 0 Å². The maximum atomic E-state index is 13.1. The van der Waals surface area contributed by atoms with Crippen LogP contribution >= 0.6 is 36.7 Å². The minimum atomic E-state index is -1.18. The Labute approximate surface area is 198 Å². The monoisotopic (exact) mass is 602 g/mol. The first-order valence-electron chi connectivity index (χ1n) is 10.7. The maximum Gasteiger partial charge on any atom is 0.354 e. The highest BCUT2D eigenvalue weighted by Crippen LogP contribution is 2.60. The van der Waals surface area contributed by atoms with E-state index in [1.807, 2.05) is 18.2 Å². The molecule has 31 heavy (non-hydrogen) atoms. The number of ether oxygens (including phenoxy) is 2. The maximum absolute atomic E-state index is 13.1. The van der Waals surface area contributed by atoms with Crippen LogP contribution in [0.4, 0.5) is 0 Å². The van der Waals surface area contributed by atoms with Gasteiger partial charge in [0, 0.05) is 19.9 Å². The van der Waals surface area contributed by atoms with Crippen LogP contribution in [0.25, 0.3) is 0 Å². The zero-order valence-electron chi connectivity index (χ0n) is 17.1. The lowest BCUT2D eigenvalue weighted by Gasteiger charge is -2.59. The molecule has 0 amide bonds. The molecule has 1 aromatic rings. The van der Waals surface area contributed by atoms with Crippen LogP contribution in [-0.4, -0.2) is 32.3 Å². The molecule has 1 saturated heterocycles. The van der Waals surface area contributed by atoms with Gasteiger partial charge in [0.2, 0.25) is 0 Å². The van der Waals surface area contributed by atoms with E-state index in [2.05, 4.69) is 15.9 Å². The second-order valence-corrected chi connectivity index (χ2v) is 13.1. The molecule has 6 rings (SSSR count). The Bertz CT molecular complexity index is 952. The molecule has 1 aromatic carbocycles. The fourth-order valence-electron chi connectivity index (χ4n) is 6.03. The molecule has 1 heterocycles. The number of hydrogen-bond acceptors (Lipinski definition) is 5. The summed E-state index contributed by atoms with van der Waals surface area (Å²) in [5.74, 6) is -1.98. The fourth-order valence-corrected chi connectivity index (χ4v) is 9.30. The van der Waals surface area contributed by atoms with Crippen LogP contribution in [0, 0.1) is 33.2 Å². The predicted octanol–water partition coefficient (Wildman–Crippen LogP) is 4.28. The number of carbonyl (C=O) groups excluding carboxylic acids is 2. The lowest BCUT2D eigenvalue weighted by atomic mass is 9.53. The van der Waals surface area contributed by atoms with Crippen molar-refractivity contribution in [3.05, 3.63) is 31.8 Å². The molecule has 5 fully saturated rings. The minimum absolute atomic E-state index is 0.0977. The Morgan fingerprint density at radius 3 is 2.26 bits per heavy atom. The molecule has 166 valence electrons. The summed E-state index contributed by atoms with van der Waals surface area (Å²) in [7, 11) is 0. The number of carboxylic acids is 1. The Morgan fingerprint density at radius 2 is 1.71 bits per heavy atom. The smallest absolute Gasteiger partial charge is 0.354 e. The summed E-state index contributed by atoms with van der Waals surface area (Å²) in [4.78, 5) is 37.5. The van der Waals surface area contributed by atoms with Crippen LogP contribution in [-0.2, 0) is 30.3 Å². The lowest BCUT2D eigenvalue weighted by molar-refractivity contribution is -0.308. The number of halogens is 2. The van der Waals surface area contributed by atoms with Crippen molar-refractivity contribution in [3.8, 4) is 0 Å². The average Bonchev–Trinajstić information content (AvgIpc) is 2.70. The largest absolute Gasteiger partial charge is 0.481 e. The van der Waals surface area contributed by atoms with E-state index in [1.165, 1.54) is 6.42 Å². The van der Waals surface area contributed by atoms with E-state index < -0.39 is 50.3 Å². The molecular weight excluding hydrogens is 579 g/mol. The summed E-state index contributed by atoms with van der Waals surface area (Å²) < 4.78 is 13.8. The van der Waals surface area contributed by atoms with Crippen molar-refractivity contribution in [2.24, 2.45) is 29.6 Å². The van der Waals surface area contributed by atoms with Gasteiger partial charge in [-0.3, -0.25) is 4.79 Å². The molecular formula is C23H24BrIO6. The van der Waals surface area contributed by atoms with E-state index in [0.29, 0.717) is 18.3 Å². The van der Waals surface area contributed by atoms with E-state index in [9.17, 15) is 19.5 Å². The molecule has 0 radical (unpaired) electrons. The number of carboxylic acid groups (broad SMARTS) is 1. The van der Waals surface area contributed by atoms with Gasteiger partial charge in [-0.1, -0.05) is 49.7 Å². The van der Waals surface area contributed by atoms with Crippen molar-refractivity contribution in [1.82, 2.24) is 0 Å². The Balaban J connectivity index is 1.44. The van der Waals surface area contributed by atoms with Crippen molar-refractivity contribution in [3.63, 3.8) is 0 Å². The number of carbonyl (C=O) groups is 3. The van der Waals surface area contributed by atoms with Gasteiger partial charge < -0.3 is 14.6 Å². The molecule has 1 N–H and O–H groups in total. The lowest BCUT2D eigenvalue weighted by Crippen LogP contribution is -2.65. The van der Waals surface area contributed by atoms with Crippen LogP contribution < -0.4 is 0 Å². The van der Waals surface area contributed by atoms with E-state index in [1.54, 1.807) is 6.92 Å². The van der Waals surface area contributed by atoms with Gasteiger partial charge in [0.15, 0.2) is 3.51 Å². The molecule has 6 nitrogen and oxygen atoms in total. The summed E-state index contributed by atoms with van der Waals surface area (Å²) in [6.07, 6.45) is 5.49. The standard InChI is InChI=1S/C23H24BrIO6/c1-11(20(26)27)4-14-2-3-17(24)10-18(14)25-19-21(28)30-23(31-22(19)29)15-6-12-5-13(8-15)9-16(23)7-12/h2-3,10-13,15-16H,4-9H2,1H3,(H,26,27)/t11-,12?,13?,15?,16?/m0/s1. The van der Waals surface area contributed by atoms with E-state index in [0.717, 1.165) is 39.3 Å². The molecule has 1 spiro atoms. The second-order valence-electron chi connectivity index (χ2n) is 9.39. The van der Waals surface area contributed by atoms with Gasteiger partial charge in [-0.25, -0.2) is 9.59 Å². The zero-order chi connectivity index (χ0) is 21.9. The van der Waals surface area contributed by atoms with Crippen molar-refractivity contribution in [1.29, 1.82) is 0 Å². The average molecular weight is 603 g/mol. The predicted molar refractivity (Wildman–Crippen MR) is 124 cm³/mol. The molecule has 0 unspecified atom stereocenters. The summed E-state index contributed by atoms with van der Waals surface area (Å²) in [5.41, 5.74) is 0.842. The zero-order valence-corrected chi connectivity index (χ0v) is 20.8. The van der Waals surface area contributed by atoms with Crippen molar-refractivity contribution in [2.75, 3.05) is 0 Å². The first-order chi connectivity index (χ1) is 14.7. The van der Waals surface area contributed by atoms with E-state index >= 15 is 0 Å². The third-order valence-electron chi connectivity index (χ3n) is 7.30. The van der Waals surface area contributed by atoms with Gasteiger partial charge in [0.25, 0.3) is 5.79 Å². The van der Waals surface area contributed by atoms with Crippen LogP contribution in [0.1, 0.15) is 44.6 Å². The van der Waals surface area contributed by atoms with Gasteiger partial charge in [-0.15, -0.1) is 0 Å². The molecule has 4 bridgehead atoms. The molecule has 4 saturated carbocycles. The van der Waals surface area contributed by atoms with E-state index in [-0.39, 0.29) is 15.3 Å². The minimum Gasteiger partial charge on any atom is -0.481 e. The first kappa shape index (κ1) is 21.6. The number of esters is 2. The Hall–Kier alpha value is -1.29. The van der Waals surface area contributed by atoms with Gasteiger partial charge in [0.05, 0.1) is 5.92 Å². The van der Waals surface area contributed by atoms with Crippen LogP contribution in [0.15, 0.2) is 22.7 Å². The Morgan fingerprint density at radius 1 is 1.13 bits per heavy atom. The second kappa shape index (κ2) is 7.93. The first-order valence-corrected chi connectivity index (χ1v) is 13.7. The third-order valence-corrected chi connectivity index (χ3v) is 10.8. The van der Waals surface area contributed by atoms with Crippen LogP contribution in [0.5, 0.6) is 0 Å². The van der Waals surface area contributed by atoms with Crippen molar-refractivity contribution < 1.29 is 29.0 Å². The van der Waals surface area contributed by atoms with Gasteiger partial charge in [-0.2, -0.15) is 0 Å². The molecule has 0 aromatic heterocycles. The normalized spacial score (nSPS) is 34.6. The number of aliphatic carboxylic acids is 1. The van der Waals surface area contributed by atoms with Gasteiger partial charge >= 0.3 is 17.9 Å². The van der Waals surface area contributed by atoms with Crippen molar-refractivity contribution >= 4 is 58.1 Å². The highest BCUT2D eigenvalue weighted by atomic mass is 127. The summed E-state index contributed by atoms with van der Waals surface area (Å²) in [5, 5.41) is 9.28. The van der Waals surface area contributed by atoms with Crippen molar-refractivity contribution in [2.45, 2.75) is 51.2 Å². The Kier molecular flexibility index (Phi) is 5.52. The number of hydrogen-bond donors (Lipinski definition) is 1. The molecule has 4 aliphatic carbocycles. The number of rotatable bonds is 4. The highest BCUT2D eigenvalue weighted by molar-refractivity contribution is 14.2. The van der Waals surface area contributed by atoms with Gasteiger partial charge in [-0.05, 0) is 68.1 Å².